The molecule has 1 rings (SSSR count). The lowest BCUT2D eigenvalue weighted by atomic mass is 9.98. The van der Waals surface area contributed by atoms with Crippen LogP contribution in [-0.4, -0.2) is 53.2 Å². The van der Waals surface area contributed by atoms with E-state index in [1.807, 2.05) is 0 Å². The summed E-state index contributed by atoms with van der Waals surface area (Å²) in [7, 11) is 1.51. The molecule has 1 heterocycles. The number of ether oxygens (including phenoxy) is 1. The molecule has 98 valence electrons. The zero-order valence-electron chi connectivity index (χ0n) is 10.5. The molecular formula is C11H20N2O4. The molecule has 1 aliphatic rings. The summed E-state index contributed by atoms with van der Waals surface area (Å²) in [4.78, 5) is 24.6. The second-order valence-corrected chi connectivity index (χ2v) is 4.68. The SMILES string of the molecule is CCC(C)(N)C(=O)N1CC(OC)CC1C(=O)O. The zero-order valence-corrected chi connectivity index (χ0v) is 10.5. The van der Waals surface area contributed by atoms with E-state index in [-0.39, 0.29) is 12.0 Å². The molecular weight excluding hydrogens is 224 g/mol. The Labute approximate surface area is 101 Å². The van der Waals surface area contributed by atoms with Crippen molar-refractivity contribution >= 4 is 11.9 Å². The molecule has 3 N–H and O–H groups in total. The van der Waals surface area contributed by atoms with Crippen LogP contribution in [0.25, 0.3) is 0 Å². The van der Waals surface area contributed by atoms with Crippen LogP contribution in [-0.2, 0) is 14.3 Å². The molecule has 1 fully saturated rings. The van der Waals surface area contributed by atoms with Gasteiger partial charge < -0.3 is 20.5 Å². The third-order valence-corrected chi connectivity index (χ3v) is 3.36. The fourth-order valence-corrected chi connectivity index (χ4v) is 1.91. The first kappa shape index (κ1) is 13.9. The average Bonchev–Trinajstić information content (AvgIpc) is 2.71. The Balaban J connectivity index is 2.87. The molecule has 0 aliphatic carbocycles. The van der Waals surface area contributed by atoms with E-state index in [4.69, 9.17) is 15.6 Å². The number of carbonyl (C=O) groups is 2. The number of amides is 1. The minimum Gasteiger partial charge on any atom is -0.480 e. The Morgan fingerprint density at radius 2 is 2.18 bits per heavy atom. The lowest BCUT2D eigenvalue weighted by Gasteiger charge is -2.30. The maximum Gasteiger partial charge on any atom is 0.326 e. The van der Waals surface area contributed by atoms with Crippen LogP contribution in [0, 0.1) is 0 Å². The Hall–Kier alpha value is -1.14. The van der Waals surface area contributed by atoms with Gasteiger partial charge >= 0.3 is 5.97 Å². The molecule has 1 amide bonds. The predicted molar refractivity (Wildman–Crippen MR) is 61.4 cm³/mol. The first-order valence-corrected chi connectivity index (χ1v) is 5.69. The molecule has 6 nitrogen and oxygen atoms in total. The van der Waals surface area contributed by atoms with Crippen LogP contribution in [0.15, 0.2) is 0 Å². The first-order chi connectivity index (χ1) is 7.83. The van der Waals surface area contributed by atoms with E-state index in [9.17, 15) is 9.59 Å². The van der Waals surface area contributed by atoms with Gasteiger partial charge in [0.1, 0.15) is 6.04 Å². The fourth-order valence-electron chi connectivity index (χ4n) is 1.91. The Kier molecular flexibility index (Phi) is 4.11. The number of carbonyl (C=O) groups excluding carboxylic acids is 1. The largest absolute Gasteiger partial charge is 0.480 e. The molecule has 0 aromatic carbocycles. The summed E-state index contributed by atoms with van der Waals surface area (Å²) < 4.78 is 5.12. The van der Waals surface area contributed by atoms with Crippen LogP contribution in [0.5, 0.6) is 0 Å². The summed E-state index contributed by atoms with van der Waals surface area (Å²) in [6.07, 6.45) is 0.552. The van der Waals surface area contributed by atoms with E-state index in [0.717, 1.165) is 0 Å². The molecule has 1 saturated heterocycles. The summed E-state index contributed by atoms with van der Waals surface area (Å²) in [6.45, 7) is 3.71. The van der Waals surface area contributed by atoms with E-state index in [2.05, 4.69) is 0 Å². The highest BCUT2D eigenvalue weighted by molar-refractivity contribution is 5.90. The van der Waals surface area contributed by atoms with E-state index in [1.54, 1.807) is 13.8 Å². The quantitative estimate of drug-likeness (QED) is 0.715. The van der Waals surface area contributed by atoms with Gasteiger partial charge in [-0.1, -0.05) is 6.92 Å². The van der Waals surface area contributed by atoms with Crippen molar-refractivity contribution in [3.05, 3.63) is 0 Å². The molecule has 0 bridgehead atoms. The lowest BCUT2D eigenvalue weighted by Crippen LogP contribution is -2.55. The van der Waals surface area contributed by atoms with E-state index < -0.39 is 17.6 Å². The van der Waals surface area contributed by atoms with Crippen LogP contribution < -0.4 is 5.73 Å². The molecule has 6 heteroatoms. The van der Waals surface area contributed by atoms with Gasteiger partial charge in [0.25, 0.3) is 0 Å². The number of hydrogen-bond donors (Lipinski definition) is 2. The monoisotopic (exact) mass is 244 g/mol. The van der Waals surface area contributed by atoms with Crippen molar-refractivity contribution in [2.45, 2.75) is 44.4 Å². The number of likely N-dealkylation sites (tertiary alicyclic amines) is 1. The maximum atomic E-state index is 12.2. The van der Waals surface area contributed by atoms with Gasteiger partial charge in [-0.15, -0.1) is 0 Å². The van der Waals surface area contributed by atoms with E-state index in [0.29, 0.717) is 19.4 Å². The second kappa shape index (κ2) is 5.01. The summed E-state index contributed by atoms with van der Waals surface area (Å²) in [5.41, 5.74) is 4.85. The number of carboxylic acid groups (broad SMARTS) is 1. The standard InChI is InChI=1S/C11H20N2O4/c1-4-11(2,12)10(16)13-6-7(17-3)5-8(13)9(14)15/h7-8H,4-6,12H2,1-3H3,(H,14,15). The number of rotatable bonds is 4. The Morgan fingerprint density at radius 1 is 1.59 bits per heavy atom. The average molecular weight is 244 g/mol. The molecule has 0 saturated carbocycles. The highest BCUT2D eigenvalue weighted by Crippen LogP contribution is 2.23. The van der Waals surface area contributed by atoms with Crippen LogP contribution in [0.2, 0.25) is 0 Å². The Bertz CT molecular complexity index is 317. The molecule has 0 aromatic rings. The summed E-state index contributed by atoms with van der Waals surface area (Å²) in [5, 5.41) is 9.09. The normalized spacial score (nSPS) is 27.9. The van der Waals surface area contributed by atoms with Gasteiger partial charge in [0, 0.05) is 20.1 Å². The van der Waals surface area contributed by atoms with Crippen LogP contribution in [0.3, 0.4) is 0 Å². The summed E-state index contributed by atoms with van der Waals surface area (Å²) in [5.74, 6) is -1.34. The van der Waals surface area contributed by atoms with Crippen molar-refractivity contribution < 1.29 is 19.4 Å². The smallest absolute Gasteiger partial charge is 0.326 e. The molecule has 0 radical (unpaired) electrons. The molecule has 1 aliphatic heterocycles. The first-order valence-electron chi connectivity index (χ1n) is 5.69. The van der Waals surface area contributed by atoms with Gasteiger partial charge in [-0.3, -0.25) is 4.79 Å². The topological polar surface area (TPSA) is 92.9 Å². The molecule has 0 spiro atoms. The highest BCUT2D eigenvalue weighted by Gasteiger charge is 2.44. The zero-order chi connectivity index (χ0) is 13.2. The number of aliphatic carboxylic acids is 1. The number of methoxy groups -OCH3 is 1. The minimum absolute atomic E-state index is 0.229. The highest BCUT2D eigenvalue weighted by atomic mass is 16.5. The predicted octanol–water partition coefficient (Wildman–Crippen LogP) is -0.186. The maximum absolute atomic E-state index is 12.2. The Morgan fingerprint density at radius 3 is 2.59 bits per heavy atom. The molecule has 3 atom stereocenters. The molecule has 17 heavy (non-hydrogen) atoms. The third-order valence-electron chi connectivity index (χ3n) is 3.36. The van der Waals surface area contributed by atoms with Gasteiger partial charge in [0.2, 0.25) is 5.91 Å². The second-order valence-electron chi connectivity index (χ2n) is 4.68. The van der Waals surface area contributed by atoms with E-state index in [1.165, 1.54) is 12.0 Å². The van der Waals surface area contributed by atoms with Crippen molar-refractivity contribution in [3.63, 3.8) is 0 Å². The van der Waals surface area contributed by atoms with Crippen molar-refractivity contribution in [2.75, 3.05) is 13.7 Å². The fraction of sp³-hybridized carbons (Fsp3) is 0.818. The van der Waals surface area contributed by atoms with Crippen LogP contribution in [0.1, 0.15) is 26.7 Å². The van der Waals surface area contributed by atoms with Gasteiger partial charge in [0.05, 0.1) is 11.6 Å². The van der Waals surface area contributed by atoms with Crippen molar-refractivity contribution in [3.8, 4) is 0 Å². The molecule has 0 aromatic heterocycles. The number of carboxylic acids is 1. The van der Waals surface area contributed by atoms with Gasteiger partial charge in [-0.25, -0.2) is 4.79 Å². The minimum atomic E-state index is -1.02. The van der Waals surface area contributed by atoms with Crippen LogP contribution in [0.4, 0.5) is 0 Å². The summed E-state index contributed by atoms with van der Waals surface area (Å²) in [6, 6.07) is -0.832. The number of nitrogens with two attached hydrogens (primary N) is 1. The number of hydrogen-bond acceptors (Lipinski definition) is 4. The van der Waals surface area contributed by atoms with Crippen LogP contribution >= 0.6 is 0 Å². The molecule has 3 unspecified atom stereocenters. The van der Waals surface area contributed by atoms with Crippen molar-refractivity contribution in [1.82, 2.24) is 4.90 Å². The van der Waals surface area contributed by atoms with Gasteiger partial charge in [0.15, 0.2) is 0 Å². The number of nitrogens with zero attached hydrogens (tertiary/aromatic N) is 1. The van der Waals surface area contributed by atoms with Crippen molar-refractivity contribution in [2.24, 2.45) is 5.73 Å². The van der Waals surface area contributed by atoms with E-state index >= 15 is 0 Å². The van der Waals surface area contributed by atoms with Gasteiger partial charge in [-0.2, -0.15) is 0 Å². The van der Waals surface area contributed by atoms with Crippen molar-refractivity contribution in [1.29, 1.82) is 0 Å². The van der Waals surface area contributed by atoms with Gasteiger partial charge in [-0.05, 0) is 13.3 Å². The third kappa shape index (κ3) is 2.76. The lowest BCUT2D eigenvalue weighted by molar-refractivity contribution is -0.150. The summed E-state index contributed by atoms with van der Waals surface area (Å²) >= 11 is 0.